The Morgan fingerprint density at radius 1 is 1.50 bits per heavy atom. The molecule has 1 aromatic rings. The van der Waals surface area contributed by atoms with Gasteiger partial charge in [0.2, 0.25) is 0 Å². The van der Waals surface area contributed by atoms with Crippen LogP contribution in [0, 0.1) is 0 Å². The Hall–Kier alpha value is -0.740. The molecule has 0 atom stereocenters. The SMILES string of the molecule is CCc1cc(N)c(N2CCNCC2)s1. The third-order valence-corrected chi connectivity index (χ3v) is 3.90. The summed E-state index contributed by atoms with van der Waals surface area (Å²) in [5.41, 5.74) is 6.95. The van der Waals surface area contributed by atoms with Gasteiger partial charge in [0, 0.05) is 31.1 Å². The maximum Gasteiger partial charge on any atom is 0.115 e. The lowest BCUT2D eigenvalue weighted by atomic mass is 10.3. The van der Waals surface area contributed by atoms with Gasteiger partial charge in [-0.3, -0.25) is 0 Å². The Kier molecular flexibility index (Phi) is 2.93. The topological polar surface area (TPSA) is 41.3 Å². The molecule has 0 bridgehead atoms. The van der Waals surface area contributed by atoms with Crippen molar-refractivity contribution >= 4 is 22.0 Å². The van der Waals surface area contributed by atoms with Gasteiger partial charge in [0.05, 0.1) is 5.69 Å². The summed E-state index contributed by atoms with van der Waals surface area (Å²) in [6, 6.07) is 2.11. The zero-order valence-corrected chi connectivity index (χ0v) is 9.36. The summed E-state index contributed by atoms with van der Waals surface area (Å²) < 4.78 is 0. The number of piperazine rings is 1. The van der Waals surface area contributed by atoms with E-state index < -0.39 is 0 Å². The normalized spacial score (nSPS) is 17.4. The van der Waals surface area contributed by atoms with Crippen LogP contribution in [0.5, 0.6) is 0 Å². The first-order valence-electron chi connectivity index (χ1n) is 5.15. The fraction of sp³-hybridized carbons (Fsp3) is 0.600. The van der Waals surface area contributed by atoms with Gasteiger partial charge in [-0.25, -0.2) is 0 Å². The maximum atomic E-state index is 6.00. The van der Waals surface area contributed by atoms with Crippen LogP contribution in [0.25, 0.3) is 0 Å². The van der Waals surface area contributed by atoms with E-state index in [4.69, 9.17) is 5.73 Å². The average molecular weight is 211 g/mol. The third-order valence-electron chi connectivity index (χ3n) is 2.54. The van der Waals surface area contributed by atoms with Crippen LogP contribution in [0.2, 0.25) is 0 Å². The first-order valence-corrected chi connectivity index (χ1v) is 5.96. The molecule has 14 heavy (non-hydrogen) atoms. The number of nitrogens with zero attached hydrogens (tertiary/aromatic N) is 1. The van der Waals surface area contributed by atoms with Gasteiger partial charge >= 0.3 is 0 Å². The second-order valence-electron chi connectivity index (χ2n) is 3.56. The van der Waals surface area contributed by atoms with Crippen LogP contribution >= 0.6 is 11.3 Å². The van der Waals surface area contributed by atoms with E-state index in [1.54, 1.807) is 0 Å². The minimum atomic E-state index is 0.953. The Morgan fingerprint density at radius 3 is 2.79 bits per heavy atom. The number of nitrogens with two attached hydrogens (primary N) is 1. The molecule has 0 amide bonds. The van der Waals surface area contributed by atoms with E-state index >= 15 is 0 Å². The summed E-state index contributed by atoms with van der Waals surface area (Å²) in [4.78, 5) is 3.77. The Morgan fingerprint density at radius 2 is 2.21 bits per heavy atom. The number of nitrogen functional groups attached to an aromatic ring is 1. The molecule has 0 unspecified atom stereocenters. The molecule has 78 valence electrons. The summed E-state index contributed by atoms with van der Waals surface area (Å²) in [5, 5.41) is 4.61. The number of thiophene rings is 1. The Balaban J connectivity index is 2.17. The van der Waals surface area contributed by atoms with E-state index in [0.29, 0.717) is 0 Å². The molecular formula is C10H17N3S. The molecule has 0 saturated carbocycles. The first kappa shape index (κ1) is 9.80. The summed E-state index contributed by atoms with van der Waals surface area (Å²) in [6.45, 7) is 6.46. The van der Waals surface area contributed by atoms with Crippen molar-refractivity contribution in [3.8, 4) is 0 Å². The highest BCUT2D eigenvalue weighted by atomic mass is 32.1. The van der Waals surface area contributed by atoms with Gasteiger partial charge in [0.25, 0.3) is 0 Å². The van der Waals surface area contributed by atoms with Crippen LogP contribution in [0.1, 0.15) is 11.8 Å². The zero-order chi connectivity index (χ0) is 9.97. The van der Waals surface area contributed by atoms with Crippen molar-refractivity contribution < 1.29 is 0 Å². The van der Waals surface area contributed by atoms with Crippen molar-refractivity contribution in [2.24, 2.45) is 0 Å². The molecule has 1 saturated heterocycles. The minimum absolute atomic E-state index is 0.953. The molecule has 0 aromatic carbocycles. The van der Waals surface area contributed by atoms with E-state index in [0.717, 1.165) is 38.3 Å². The highest BCUT2D eigenvalue weighted by Crippen LogP contribution is 2.34. The van der Waals surface area contributed by atoms with Crippen molar-refractivity contribution in [1.29, 1.82) is 0 Å². The molecule has 0 aliphatic carbocycles. The average Bonchev–Trinajstić information content (AvgIpc) is 2.61. The molecule has 1 fully saturated rings. The standard InChI is InChI=1S/C10H17N3S/c1-2-8-7-9(11)10(14-8)13-5-3-12-4-6-13/h7,12H,2-6,11H2,1H3. The molecule has 1 aromatic heterocycles. The summed E-state index contributed by atoms with van der Waals surface area (Å²) in [5.74, 6) is 0. The number of anilines is 2. The predicted octanol–water partition coefficient (Wildman–Crippen LogP) is 1.30. The van der Waals surface area contributed by atoms with E-state index in [9.17, 15) is 0 Å². The van der Waals surface area contributed by atoms with Crippen LogP contribution in [0.4, 0.5) is 10.7 Å². The zero-order valence-electron chi connectivity index (χ0n) is 8.55. The first-order chi connectivity index (χ1) is 6.81. The molecule has 1 aliphatic rings. The van der Waals surface area contributed by atoms with Crippen molar-refractivity contribution in [3.63, 3.8) is 0 Å². The summed E-state index contributed by atoms with van der Waals surface area (Å²) in [7, 11) is 0. The van der Waals surface area contributed by atoms with Gasteiger partial charge in [0.1, 0.15) is 5.00 Å². The second kappa shape index (κ2) is 4.19. The van der Waals surface area contributed by atoms with Crippen molar-refractivity contribution in [1.82, 2.24) is 5.32 Å². The maximum absolute atomic E-state index is 6.00. The van der Waals surface area contributed by atoms with Gasteiger partial charge < -0.3 is 16.0 Å². The quantitative estimate of drug-likeness (QED) is 0.775. The van der Waals surface area contributed by atoms with E-state index in [1.165, 1.54) is 9.88 Å². The molecule has 0 spiro atoms. The van der Waals surface area contributed by atoms with Crippen LogP contribution in [0.3, 0.4) is 0 Å². The van der Waals surface area contributed by atoms with E-state index in [1.807, 2.05) is 11.3 Å². The lowest BCUT2D eigenvalue weighted by Gasteiger charge is -2.28. The second-order valence-corrected chi connectivity index (χ2v) is 4.68. The molecule has 4 heteroatoms. The Bertz CT molecular complexity index is 302. The van der Waals surface area contributed by atoms with Crippen LogP contribution in [-0.2, 0) is 6.42 Å². The smallest absolute Gasteiger partial charge is 0.115 e. The number of nitrogens with one attached hydrogen (secondary N) is 1. The summed E-state index contributed by atoms with van der Waals surface area (Å²) in [6.07, 6.45) is 1.08. The molecule has 3 N–H and O–H groups in total. The fourth-order valence-corrected chi connectivity index (χ4v) is 2.80. The van der Waals surface area contributed by atoms with Crippen LogP contribution in [0.15, 0.2) is 6.07 Å². The number of hydrogen-bond acceptors (Lipinski definition) is 4. The molecular weight excluding hydrogens is 194 g/mol. The Labute approximate surface area is 88.9 Å². The summed E-state index contributed by atoms with van der Waals surface area (Å²) >= 11 is 1.84. The number of hydrogen-bond donors (Lipinski definition) is 2. The molecule has 1 aliphatic heterocycles. The minimum Gasteiger partial charge on any atom is -0.396 e. The van der Waals surface area contributed by atoms with Crippen molar-refractivity contribution in [2.45, 2.75) is 13.3 Å². The third kappa shape index (κ3) is 1.86. The lowest BCUT2D eigenvalue weighted by Crippen LogP contribution is -2.43. The molecule has 2 heterocycles. The lowest BCUT2D eigenvalue weighted by molar-refractivity contribution is 0.592. The van der Waals surface area contributed by atoms with Crippen molar-refractivity contribution in [2.75, 3.05) is 36.8 Å². The van der Waals surface area contributed by atoms with Gasteiger partial charge in [-0.05, 0) is 12.5 Å². The molecule has 3 nitrogen and oxygen atoms in total. The van der Waals surface area contributed by atoms with Crippen molar-refractivity contribution in [3.05, 3.63) is 10.9 Å². The van der Waals surface area contributed by atoms with E-state index in [-0.39, 0.29) is 0 Å². The highest BCUT2D eigenvalue weighted by molar-refractivity contribution is 7.16. The molecule has 0 radical (unpaired) electrons. The van der Waals surface area contributed by atoms with Crippen LogP contribution < -0.4 is 16.0 Å². The molecule has 2 rings (SSSR count). The predicted molar refractivity (Wildman–Crippen MR) is 63.2 cm³/mol. The monoisotopic (exact) mass is 211 g/mol. The largest absolute Gasteiger partial charge is 0.396 e. The van der Waals surface area contributed by atoms with Crippen LogP contribution in [-0.4, -0.2) is 26.2 Å². The van der Waals surface area contributed by atoms with Gasteiger partial charge in [-0.2, -0.15) is 0 Å². The number of aryl methyl sites for hydroxylation is 1. The highest BCUT2D eigenvalue weighted by Gasteiger charge is 2.15. The fourth-order valence-electron chi connectivity index (χ4n) is 1.74. The van der Waals surface area contributed by atoms with Gasteiger partial charge in [0.15, 0.2) is 0 Å². The van der Waals surface area contributed by atoms with E-state index in [2.05, 4.69) is 23.2 Å². The van der Waals surface area contributed by atoms with Gasteiger partial charge in [-0.1, -0.05) is 6.92 Å². The van der Waals surface area contributed by atoms with Gasteiger partial charge in [-0.15, -0.1) is 11.3 Å². The number of rotatable bonds is 2.